The van der Waals surface area contributed by atoms with Crippen molar-refractivity contribution in [2.24, 2.45) is 0 Å². The van der Waals surface area contributed by atoms with E-state index in [9.17, 15) is 0 Å². The number of para-hydroxylation sites is 3. The van der Waals surface area contributed by atoms with E-state index >= 15 is 0 Å². The van der Waals surface area contributed by atoms with Gasteiger partial charge in [-0.25, -0.2) is 4.98 Å². The van der Waals surface area contributed by atoms with Gasteiger partial charge in [0.25, 0.3) is 0 Å². The monoisotopic (exact) mass is 686 g/mol. The molecule has 0 saturated heterocycles. The zero-order valence-electron chi connectivity index (χ0n) is 29.1. The highest BCUT2D eigenvalue weighted by Gasteiger charge is 2.24. The number of aromatic nitrogens is 4. The van der Waals surface area contributed by atoms with Crippen LogP contribution in [0.5, 0.6) is 0 Å². The lowest BCUT2D eigenvalue weighted by Gasteiger charge is -2.09. The molecule has 0 unspecified atom stereocenters. The first kappa shape index (κ1) is 29.3. The molecule has 0 radical (unpaired) electrons. The molecule has 0 saturated carbocycles. The van der Waals surface area contributed by atoms with Gasteiger partial charge in [-0.3, -0.25) is 4.98 Å². The van der Waals surface area contributed by atoms with E-state index < -0.39 is 0 Å². The predicted octanol–water partition coefficient (Wildman–Crippen LogP) is 12.8. The van der Waals surface area contributed by atoms with E-state index in [-0.39, 0.29) is 0 Å². The van der Waals surface area contributed by atoms with E-state index in [2.05, 4.69) is 184 Å². The van der Waals surface area contributed by atoms with Gasteiger partial charge in [0, 0.05) is 61.8 Å². The Morgan fingerprint density at radius 1 is 0.389 bits per heavy atom. The van der Waals surface area contributed by atoms with Gasteiger partial charge >= 0.3 is 0 Å². The molecule has 0 spiro atoms. The molecular formula is C50H30N4. The van der Waals surface area contributed by atoms with E-state index in [0.29, 0.717) is 0 Å². The van der Waals surface area contributed by atoms with E-state index in [4.69, 9.17) is 4.98 Å². The van der Waals surface area contributed by atoms with Crippen LogP contribution in [0.4, 0.5) is 0 Å². The molecule has 7 aromatic carbocycles. The van der Waals surface area contributed by atoms with E-state index in [1.165, 1.54) is 82.3 Å². The van der Waals surface area contributed by atoms with Crippen molar-refractivity contribution in [1.29, 1.82) is 0 Å². The average Bonchev–Trinajstić information content (AvgIpc) is 3.87. The van der Waals surface area contributed by atoms with Crippen LogP contribution in [0.1, 0.15) is 0 Å². The van der Waals surface area contributed by atoms with Gasteiger partial charge < -0.3 is 9.13 Å². The maximum atomic E-state index is 5.33. The first-order valence-corrected chi connectivity index (χ1v) is 18.4. The standard InChI is InChI=1S/C50H30N4/c1-3-11-35(12-4-1)53-45-17-8-7-15-38(45)40-26-31(18-21-46(40)53)32-19-22-47-41(27-32)42-28-33(20-23-48(42)54(47)36-13-5-2-6-14-36)44-29-34-10-9-16-39-37-24-25-51-30-43(37)50(52-44)49(34)39/h1-30H. The summed E-state index contributed by atoms with van der Waals surface area (Å²) in [6.07, 6.45) is 3.83. The summed E-state index contributed by atoms with van der Waals surface area (Å²) in [7, 11) is 0. The number of nitrogens with zero attached hydrogens (tertiary/aromatic N) is 4. The topological polar surface area (TPSA) is 35.6 Å². The zero-order valence-corrected chi connectivity index (χ0v) is 29.1. The van der Waals surface area contributed by atoms with E-state index in [1.807, 2.05) is 12.4 Å². The van der Waals surface area contributed by atoms with Crippen molar-refractivity contribution in [3.05, 3.63) is 182 Å². The second-order valence-corrected chi connectivity index (χ2v) is 14.2. The fourth-order valence-corrected chi connectivity index (χ4v) is 8.92. The number of hydrogen-bond acceptors (Lipinski definition) is 2. The normalized spacial score (nSPS) is 12.1. The van der Waals surface area contributed by atoms with Gasteiger partial charge in [0.15, 0.2) is 0 Å². The van der Waals surface area contributed by atoms with Crippen LogP contribution in [0.3, 0.4) is 0 Å². The molecule has 250 valence electrons. The van der Waals surface area contributed by atoms with E-state index in [0.717, 1.165) is 28.2 Å². The number of fused-ring (bicyclic) bond motifs is 9. The second kappa shape index (κ2) is 11.1. The highest BCUT2D eigenvalue weighted by Crippen LogP contribution is 2.47. The molecule has 12 rings (SSSR count). The maximum absolute atomic E-state index is 5.33. The molecule has 1 aliphatic carbocycles. The third-order valence-electron chi connectivity index (χ3n) is 11.3. The van der Waals surface area contributed by atoms with Gasteiger partial charge in [-0.05, 0) is 107 Å². The number of rotatable bonds is 4. The van der Waals surface area contributed by atoms with Crippen LogP contribution in [0, 0.1) is 0 Å². The van der Waals surface area contributed by atoms with Gasteiger partial charge in [0.2, 0.25) is 0 Å². The Morgan fingerprint density at radius 3 is 1.65 bits per heavy atom. The Labute approximate surface area is 310 Å². The lowest BCUT2D eigenvalue weighted by atomic mass is 9.99. The second-order valence-electron chi connectivity index (χ2n) is 14.2. The van der Waals surface area contributed by atoms with Crippen LogP contribution < -0.4 is 0 Å². The van der Waals surface area contributed by atoms with Gasteiger partial charge in [-0.2, -0.15) is 0 Å². The van der Waals surface area contributed by atoms with Crippen molar-refractivity contribution in [3.8, 4) is 56.1 Å². The highest BCUT2D eigenvalue weighted by atomic mass is 15.0. The zero-order chi connectivity index (χ0) is 35.3. The van der Waals surface area contributed by atoms with Crippen LogP contribution in [0.25, 0.3) is 111 Å². The Morgan fingerprint density at radius 2 is 0.963 bits per heavy atom. The fraction of sp³-hybridized carbons (Fsp3) is 0. The Bertz CT molecular complexity index is 3320. The average molecular weight is 687 g/mol. The molecule has 0 fully saturated rings. The molecule has 11 aromatic rings. The Hall–Kier alpha value is -7.30. The van der Waals surface area contributed by atoms with Gasteiger partial charge in [0.1, 0.15) is 0 Å². The number of benzene rings is 7. The van der Waals surface area contributed by atoms with E-state index in [1.54, 1.807) is 0 Å². The molecule has 0 N–H and O–H groups in total. The summed E-state index contributed by atoms with van der Waals surface area (Å²) < 4.78 is 4.76. The minimum atomic E-state index is 0.963. The SMILES string of the molecule is c1ccc(-n2c3ccccc3c3cc(-c4ccc5c(c4)c4cc(-c6cc7cccc8c7c(n6)-c6cnccc6-8)ccc4n5-c4ccccc4)ccc32)cc1. The molecule has 4 aromatic heterocycles. The van der Waals surface area contributed by atoms with Crippen LogP contribution in [0.15, 0.2) is 182 Å². The fourth-order valence-electron chi connectivity index (χ4n) is 8.92. The first-order valence-electron chi connectivity index (χ1n) is 18.4. The highest BCUT2D eigenvalue weighted by molar-refractivity contribution is 6.16. The molecule has 1 aliphatic rings. The molecule has 0 atom stereocenters. The van der Waals surface area contributed by atoms with Crippen LogP contribution in [0.2, 0.25) is 0 Å². The van der Waals surface area contributed by atoms with Crippen molar-refractivity contribution in [1.82, 2.24) is 19.1 Å². The molecule has 0 amide bonds. The maximum Gasteiger partial charge on any atom is 0.0815 e. The van der Waals surface area contributed by atoms with Crippen molar-refractivity contribution >= 4 is 54.4 Å². The Balaban J connectivity index is 1.07. The molecule has 4 heterocycles. The largest absolute Gasteiger partial charge is 0.309 e. The lowest BCUT2D eigenvalue weighted by molar-refractivity contribution is 1.18. The van der Waals surface area contributed by atoms with Crippen molar-refractivity contribution < 1.29 is 0 Å². The van der Waals surface area contributed by atoms with Crippen molar-refractivity contribution in [2.75, 3.05) is 0 Å². The smallest absolute Gasteiger partial charge is 0.0815 e. The minimum absolute atomic E-state index is 0.963. The van der Waals surface area contributed by atoms with Crippen molar-refractivity contribution in [2.45, 2.75) is 0 Å². The van der Waals surface area contributed by atoms with Crippen LogP contribution in [-0.2, 0) is 0 Å². The third-order valence-corrected chi connectivity index (χ3v) is 11.3. The summed E-state index contributed by atoms with van der Waals surface area (Å²) >= 11 is 0. The summed E-state index contributed by atoms with van der Waals surface area (Å²) in [5.74, 6) is 0. The van der Waals surface area contributed by atoms with Gasteiger partial charge in [-0.15, -0.1) is 0 Å². The third kappa shape index (κ3) is 4.13. The Kier molecular flexibility index (Phi) is 6.02. The van der Waals surface area contributed by atoms with Crippen molar-refractivity contribution in [3.63, 3.8) is 0 Å². The molecule has 54 heavy (non-hydrogen) atoms. The minimum Gasteiger partial charge on any atom is -0.309 e. The quantitative estimate of drug-likeness (QED) is 0.185. The summed E-state index contributed by atoms with van der Waals surface area (Å²) in [5, 5.41) is 7.31. The van der Waals surface area contributed by atoms with Crippen LogP contribution in [-0.4, -0.2) is 19.1 Å². The summed E-state index contributed by atoms with van der Waals surface area (Å²) in [6, 6.07) is 61.6. The predicted molar refractivity (Wildman–Crippen MR) is 224 cm³/mol. The molecule has 4 heteroatoms. The number of hydrogen-bond donors (Lipinski definition) is 0. The molecule has 4 nitrogen and oxygen atoms in total. The lowest BCUT2D eigenvalue weighted by Crippen LogP contribution is -1.93. The summed E-state index contributed by atoms with van der Waals surface area (Å²) in [6.45, 7) is 0. The summed E-state index contributed by atoms with van der Waals surface area (Å²) in [5.41, 5.74) is 16.0. The summed E-state index contributed by atoms with van der Waals surface area (Å²) in [4.78, 5) is 9.80. The molecule has 0 bridgehead atoms. The number of pyridine rings is 2. The van der Waals surface area contributed by atoms with Crippen LogP contribution >= 0.6 is 0 Å². The first-order chi connectivity index (χ1) is 26.8. The molecule has 0 aliphatic heterocycles. The van der Waals surface area contributed by atoms with Gasteiger partial charge in [-0.1, -0.05) is 91.0 Å². The molecular weight excluding hydrogens is 657 g/mol. The van der Waals surface area contributed by atoms with Gasteiger partial charge in [0.05, 0.1) is 33.5 Å².